The average Bonchev–Trinajstić information content (AvgIpc) is 3.03. The largest absolute Gasteiger partial charge is 0.388 e. The third kappa shape index (κ3) is 4.82. The van der Waals surface area contributed by atoms with E-state index in [1.807, 2.05) is 0 Å². The monoisotopic (exact) mass is 423 g/mol. The minimum Gasteiger partial charge on any atom is -0.388 e. The predicted molar refractivity (Wildman–Crippen MR) is 114 cm³/mol. The number of amides is 3. The summed E-state index contributed by atoms with van der Waals surface area (Å²) in [7, 11) is 0. The molecular weight excluding hydrogens is 398 g/mol. The van der Waals surface area contributed by atoms with Crippen molar-refractivity contribution in [2.75, 3.05) is 44.7 Å². The van der Waals surface area contributed by atoms with Gasteiger partial charge < -0.3 is 15.2 Å². The molecule has 2 N–H and O–H groups in total. The smallest absolute Gasteiger partial charge is 0.262 e. The highest BCUT2D eigenvalue weighted by molar-refractivity contribution is 6.22. The van der Waals surface area contributed by atoms with Gasteiger partial charge in [0.05, 0.1) is 30.4 Å². The molecule has 0 saturated carbocycles. The molecule has 2 aliphatic rings. The molecule has 0 aromatic heterocycles. The number of carbonyl (C=O) groups is 3. The van der Waals surface area contributed by atoms with Gasteiger partial charge >= 0.3 is 0 Å². The summed E-state index contributed by atoms with van der Waals surface area (Å²) < 4.78 is 5.33. The molecular formula is C23H25N3O5. The van der Waals surface area contributed by atoms with Gasteiger partial charge in [-0.05, 0) is 36.2 Å². The molecule has 2 aliphatic heterocycles. The lowest BCUT2D eigenvalue weighted by molar-refractivity contribution is -0.116. The number of morpholine rings is 1. The van der Waals surface area contributed by atoms with Crippen LogP contribution >= 0.6 is 0 Å². The van der Waals surface area contributed by atoms with Crippen LogP contribution in [0.25, 0.3) is 0 Å². The van der Waals surface area contributed by atoms with Crippen LogP contribution in [0.5, 0.6) is 0 Å². The van der Waals surface area contributed by atoms with Crippen molar-refractivity contribution < 1.29 is 24.2 Å². The maximum atomic E-state index is 12.4. The second-order valence-electron chi connectivity index (χ2n) is 7.67. The zero-order valence-electron chi connectivity index (χ0n) is 17.1. The van der Waals surface area contributed by atoms with Gasteiger partial charge in [0.1, 0.15) is 6.54 Å². The van der Waals surface area contributed by atoms with Gasteiger partial charge in [-0.25, -0.2) is 0 Å². The van der Waals surface area contributed by atoms with E-state index in [2.05, 4.69) is 10.2 Å². The molecule has 0 spiro atoms. The molecule has 8 nitrogen and oxygen atoms in total. The van der Waals surface area contributed by atoms with Crippen molar-refractivity contribution >= 4 is 23.4 Å². The molecule has 1 unspecified atom stereocenters. The van der Waals surface area contributed by atoms with Gasteiger partial charge in [0.15, 0.2) is 0 Å². The Morgan fingerprint density at radius 2 is 1.61 bits per heavy atom. The molecule has 162 valence electrons. The minimum absolute atomic E-state index is 0.315. The molecule has 0 aliphatic carbocycles. The van der Waals surface area contributed by atoms with E-state index in [1.165, 1.54) is 0 Å². The van der Waals surface area contributed by atoms with Gasteiger partial charge in [-0.1, -0.05) is 24.3 Å². The van der Waals surface area contributed by atoms with Gasteiger partial charge in [0.25, 0.3) is 11.8 Å². The Balaban J connectivity index is 1.29. The summed E-state index contributed by atoms with van der Waals surface area (Å²) in [6.07, 6.45) is 0.0248. The topological polar surface area (TPSA) is 99.2 Å². The fourth-order valence-corrected chi connectivity index (χ4v) is 3.81. The first-order valence-electron chi connectivity index (χ1n) is 10.4. The summed E-state index contributed by atoms with van der Waals surface area (Å²) in [6, 6.07) is 13.5. The summed E-state index contributed by atoms with van der Waals surface area (Å²) >= 11 is 0. The zero-order valence-corrected chi connectivity index (χ0v) is 17.1. The van der Waals surface area contributed by atoms with E-state index < -0.39 is 23.8 Å². The number of imide groups is 1. The molecule has 1 fully saturated rings. The molecule has 1 saturated heterocycles. The summed E-state index contributed by atoms with van der Waals surface area (Å²) in [5.41, 5.74) is 1.93. The standard InChI is InChI=1S/C23H25N3O5/c27-20(9-10-25-11-13-31-14-12-25)16-5-7-17(8-6-16)24-21(28)15-26-22(29)18-3-1-2-4-19(18)23(26)30/h1-8,20,27H,9-15H2,(H,24,28). The Kier molecular flexibility index (Phi) is 6.41. The average molecular weight is 423 g/mol. The van der Waals surface area contributed by atoms with Crippen LogP contribution in [0.2, 0.25) is 0 Å². The van der Waals surface area contributed by atoms with Crippen molar-refractivity contribution in [3.63, 3.8) is 0 Å². The Bertz CT molecular complexity index is 934. The summed E-state index contributed by atoms with van der Waals surface area (Å²) in [6.45, 7) is 3.66. The molecule has 8 heteroatoms. The lowest BCUT2D eigenvalue weighted by atomic mass is 10.1. The van der Waals surface area contributed by atoms with Crippen LogP contribution < -0.4 is 5.32 Å². The second kappa shape index (κ2) is 9.38. The summed E-state index contributed by atoms with van der Waals surface area (Å²) in [5, 5.41) is 13.1. The maximum absolute atomic E-state index is 12.4. The van der Waals surface area contributed by atoms with E-state index >= 15 is 0 Å². The molecule has 3 amide bonds. The molecule has 4 rings (SSSR count). The summed E-state index contributed by atoms with van der Waals surface area (Å²) in [4.78, 5) is 40.4. The van der Waals surface area contributed by atoms with E-state index in [4.69, 9.17) is 4.74 Å². The van der Waals surface area contributed by atoms with Gasteiger partial charge in [-0.15, -0.1) is 0 Å². The van der Waals surface area contributed by atoms with Crippen LogP contribution in [0.1, 0.15) is 38.8 Å². The molecule has 2 aromatic carbocycles. The van der Waals surface area contributed by atoms with Crippen molar-refractivity contribution in [1.29, 1.82) is 0 Å². The van der Waals surface area contributed by atoms with Crippen molar-refractivity contribution in [2.45, 2.75) is 12.5 Å². The fraction of sp³-hybridized carbons (Fsp3) is 0.348. The normalized spacial score (nSPS) is 17.5. The number of aliphatic hydroxyl groups excluding tert-OH is 1. The highest BCUT2D eigenvalue weighted by atomic mass is 16.5. The molecule has 0 bridgehead atoms. The van der Waals surface area contributed by atoms with Crippen LogP contribution in [-0.4, -0.2) is 72.0 Å². The third-order valence-electron chi connectivity index (χ3n) is 5.58. The molecule has 1 atom stereocenters. The highest BCUT2D eigenvalue weighted by Gasteiger charge is 2.36. The number of carbonyl (C=O) groups excluding carboxylic acids is 3. The fourth-order valence-electron chi connectivity index (χ4n) is 3.81. The first-order valence-corrected chi connectivity index (χ1v) is 10.4. The van der Waals surface area contributed by atoms with Crippen LogP contribution in [0.3, 0.4) is 0 Å². The van der Waals surface area contributed by atoms with Crippen LogP contribution in [0.4, 0.5) is 5.69 Å². The number of hydrogen-bond donors (Lipinski definition) is 2. The van der Waals surface area contributed by atoms with Gasteiger partial charge in [0.2, 0.25) is 5.91 Å². The number of ether oxygens (including phenoxy) is 1. The minimum atomic E-state index is -0.592. The van der Waals surface area contributed by atoms with Gasteiger partial charge in [-0.3, -0.25) is 24.2 Å². The van der Waals surface area contributed by atoms with E-state index in [1.54, 1.807) is 48.5 Å². The molecule has 2 heterocycles. The van der Waals surface area contributed by atoms with E-state index in [-0.39, 0.29) is 6.54 Å². The first kappa shape index (κ1) is 21.2. The number of fused-ring (bicyclic) bond motifs is 1. The van der Waals surface area contributed by atoms with Crippen molar-refractivity contribution in [3.05, 3.63) is 65.2 Å². The number of aliphatic hydroxyl groups is 1. The van der Waals surface area contributed by atoms with Crippen molar-refractivity contribution in [1.82, 2.24) is 9.80 Å². The number of benzene rings is 2. The van der Waals surface area contributed by atoms with E-state index in [9.17, 15) is 19.5 Å². The van der Waals surface area contributed by atoms with Gasteiger partial charge in [-0.2, -0.15) is 0 Å². The molecule has 0 radical (unpaired) electrons. The number of nitrogens with one attached hydrogen (secondary N) is 1. The van der Waals surface area contributed by atoms with Gasteiger partial charge in [0, 0.05) is 25.3 Å². The van der Waals surface area contributed by atoms with Crippen molar-refractivity contribution in [2.24, 2.45) is 0 Å². The van der Waals surface area contributed by atoms with Crippen molar-refractivity contribution in [3.8, 4) is 0 Å². The summed E-state index contributed by atoms with van der Waals surface area (Å²) in [5.74, 6) is -1.39. The maximum Gasteiger partial charge on any atom is 0.262 e. The second-order valence-corrected chi connectivity index (χ2v) is 7.67. The van der Waals surface area contributed by atoms with Crippen LogP contribution in [0, 0.1) is 0 Å². The lowest BCUT2D eigenvalue weighted by Crippen LogP contribution is -2.37. The number of hydrogen-bond acceptors (Lipinski definition) is 6. The zero-order chi connectivity index (χ0) is 21.8. The van der Waals surface area contributed by atoms with Crippen LogP contribution in [0.15, 0.2) is 48.5 Å². The Labute approximate surface area is 180 Å². The van der Waals surface area contributed by atoms with E-state index in [0.29, 0.717) is 23.2 Å². The SMILES string of the molecule is O=C(CN1C(=O)c2ccccc2C1=O)Nc1ccc(C(O)CCN2CCOCC2)cc1. The molecule has 2 aromatic rings. The number of anilines is 1. The van der Waals surface area contributed by atoms with Crippen LogP contribution in [-0.2, 0) is 9.53 Å². The number of nitrogens with zero attached hydrogens (tertiary/aromatic N) is 2. The number of rotatable bonds is 7. The Hall–Kier alpha value is -3.07. The molecule has 31 heavy (non-hydrogen) atoms. The quantitative estimate of drug-likeness (QED) is 0.658. The van der Waals surface area contributed by atoms with E-state index in [0.717, 1.165) is 43.3 Å². The Morgan fingerprint density at radius 3 is 2.23 bits per heavy atom. The Morgan fingerprint density at radius 1 is 1.00 bits per heavy atom. The lowest BCUT2D eigenvalue weighted by Gasteiger charge is -2.27. The first-order chi connectivity index (χ1) is 15.0. The third-order valence-corrected chi connectivity index (χ3v) is 5.58. The predicted octanol–water partition coefficient (Wildman–Crippen LogP) is 1.68. The highest BCUT2D eigenvalue weighted by Crippen LogP contribution is 2.23.